The lowest BCUT2D eigenvalue weighted by atomic mass is 9.85. The third-order valence-corrected chi connectivity index (χ3v) is 5.23. The maximum Gasteiger partial charge on any atom is 0.410 e. The molecular weight excluding hydrogens is 320 g/mol. The second-order valence-electron chi connectivity index (χ2n) is 6.91. The van der Waals surface area contributed by atoms with Crippen LogP contribution >= 0.6 is 0 Å². The van der Waals surface area contributed by atoms with E-state index in [0.717, 1.165) is 32.5 Å². The summed E-state index contributed by atoms with van der Waals surface area (Å²) in [5.74, 6) is 0.0593. The van der Waals surface area contributed by atoms with E-state index in [0.29, 0.717) is 25.4 Å². The first kappa shape index (κ1) is 19.5. The average molecular weight is 350 g/mol. The molecule has 1 saturated heterocycles. The Labute approximate surface area is 150 Å². The SMILES string of the molecule is CCN1CCN(C(=O)O[C@@H](CC2CCCCC2)C(=O)NCC#N)CC1. The van der Waals surface area contributed by atoms with Gasteiger partial charge in [-0.15, -0.1) is 0 Å². The highest BCUT2D eigenvalue weighted by molar-refractivity contribution is 5.83. The van der Waals surface area contributed by atoms with Crippen molar-refractivity contribution in [2.75, 3.05) is 39.3 Å². The summed E-state index contributed by atoms with van der Waals surface area (Å²) >= 11 is 0. The summed E-state index contributed by atoms with van der Waals surface area (Å²) in [5, 5.41) is 11.2. The van der Waals surface area contributed by atoms with Crippen molar-refractivity contribution in [3.63, 3.8) is 0 Å². The summed E-state index contributed by atoms with van der Waals surface area (Å²) < 4.78 is 5.57. The van der Waals surface area contributed by atoms with Gasteiger partial charge in [0.25, 0.3) is 5.91 Å². The lowest BCUT2D eigenvalue weighted by Gasteiger charge is -2.34. The minimum Gasteiger partial charge on any atom is -0.436 e. The predicted molar refractivity (Wildman–Crippen MR) is 93.8 cm³/mol. The largest absolute Gasteiger partial charge is 0.436 e. The van der Waals surface area contributed by atoms with Gasteiger partial charge in [0, 0.05) is 26.2 Å². The van der Waals surface area contributed by atoms with E-state index in [9.17, 15) is 9.59 Å². The van der Waals surface area contributed by atoms with E-state index < -0.39 is 12.2 Å². The highest BCUT2D eigenvalue weighted by atomic mass is 16.6. The lowest BCUT2D eigenvalue weighted by molar-refractivity contribution is -0.131. The number of likely N-dealkylation sites (N-methyl/N-ethyl adjacent to an activating group) is 1. The van der Waals surface area contributed by atoms with Crippen molar-refractivity contribution < 1.29 is 14.3 Å². The summed E-state index contributed by atoms with van der Waals surface area (Å²) in [6.45, 7) is 5.94. The quantitative estimate of drug-likeness (QED) is 0.738. The molecule has 140 valence electrons. The maximum atomic E-state index is 12.5. The van der Waals surface area contributed by atoms with Gasteiger partial charge in [-0.3, -0.25) is 4.79 Å². The number of nitriles is 1. The molecule has 25 heavy (non-hydrogen) atoms. The summed E-state index contributed by atoms with van der Waals surface area (Å²) in [6.07, 6.45) is 5.08. The molecule has 1 heterocycles. The fourth-order valence-corrected chi connectivity index (χ4v) is 3.62. The van der Waals surface area contributed by atoms with Crippen LogP contribution in [0, 0.1) is 17.2 Å². The number of nitrogens with zero attached hydrogens (tertiary/aromatic N) is 3. The smallest absolute Gasteiger partial charge is 0.410 e. The Morgan fingerprint density at radius 1 is 1.20 bits per heavy atom. The van der Waals surface area contributed by atoms with Crippen molar-refractivity contribution in [2.24, 2.45) is 5.92 Å². The molecule has 7 nitrogen and oxygen atoms in total. The van der Waals surface area contributed by atoms with Gasteiger partial charge in [-0.2, -0.15) is 5.26 Å². The van der Waals surface area contributed by atoms with Gasteiger partial charge < -0.3 is 19.9 Å². The number of hydrogen-bond acceptors (Lipinski definition) is 5. The third kappa shape index (κ3) is 6.20. The standard InChI is InChI=1S/C18H30N4O3/c1-2-21-10-12-22(13-11-21)18(24)25-16(17(23)20-9-8-19)14-15-6-4-3-5-7-15/h15-16H,2-7,9-14H2,1H3,(H,20,23)/t16-/m0/s1. The fourth-order valence-electron chi connectivity index (χ4n) is 3.62. The van der Waals surface area contributed by atoms with Gasteiger partial charge in [-0.25, -0.2) is 4.79 Å². The molecule has 0 unspecified atom stereocenters. The Morgan fingerprint density at radius 2 is 1.88 bits per heavy atom. The minimum absolute atomic E-state index is 0.0628. The van der Waals surface area contributed by atoms with E-state index in [1.807, 2.05) is 6.07 Å². The van der Waals surface area contributed by atoms with Gasteiger partial charge in [0.2, 0.25) is 0 Å². The molecular formula is C18H30N4O3. The van der Waals surface area contributed by atoms with E-state index in [1.54, 1.807) is 4.90 Å². The molecule has 2 aliphatic rings. The van der Waals surface area contributed by atoms with E-state index in [4.69, 9.17) is 10.00 Å². The highest BCUT2D eigenvalue weighted by Gasteiger charge is 2.30. The summed E-state index contributed by atoms with van der Waals surface area (Å²) in [4.78, 5) is 28.7. The van der Waals surface area contributed by atoms with Crippen molar-refractivity contribution in [2.45, 2.75) is 51.6 Å². The van der Waals surface area contributed by atoms with Gasteiger partial charge in [-0.05, 0) is 18.9 Å². The van der Waals surface area contributed by atoms with Crippen LogP contribution in [0.1, 0.15) is 45.4 Å². The molecule has 0 bridgehead atoms. The lowest BCUT2D eigenvalue weighted by Crippen LogP contribution is -2.50. The zero-order valence-electron chi connectivity index (χ0n) is 15.2. The van der Waals surface area contributed by atoms with Crippen LogP contribution in [0.2, 0.25) is 0 Å². The summed E-state index contributed by atoms with van der Waals surface area (Å²) in [6, 6.07) is 1.90. The number of ether oxygens (including phenoxy) is 1. The molecule has 2 fully saturated rings. The summed E-state index contributed by atoms with van der Waals surface area (Å²) in [7, 11) is 0. The van der Waals surface area contributed by atoms with Gasteiger partial charge >= 0.3 is 6.09 Å². The van der Waals surface area contributed by atoms with Gasteiger partial charge in [-0.1, -0.05) is 39.0 Å². The van der Waals surface area contributed by atoms with Crippen molar-refractivity contribution >= 4 is 12.0 Å². The first-order valence-electron chi connectivity index (χ1n) is 9.46. The van der Waals surface area contributed by atoms with E-state index >= 15 is 0 Å². The van der Waals surface area contributed by atoms with Crippen molar-refractivity contribution in [3.05, 3.63) is 0 Å². The van der Waals surface area contributed by atoms with Crippen LogP contribution in [0.5, 0.6) is 0 Å². The topological polar surface area (TPSA) is 85.7 Å². The van der Waals surface area contributed by atoms with Crippen LogP contribution in [0.25, 0.3) is 0 Å². The number of piperazine rings is 1. The van der Waals surface area contributed by atoms with Crippen LogP contribution in [-0.4, -0.2) is 67.2 Å². The highest BCUT2D eigenvalue weighted by Crippen LogP contribution is 2.28. The molecule has 7 heteroatoms. The zero-order valence-corrected chi connectivity index (χ0v) is 15.2. The molecule has 0 radical (unpaired) electrons. The molecule has 0 aromatic rings. The maximum absolute atomic E-state index is 12.5. The number of carbonyl (C=O) groups excluding carboxylic acids is 2. The monoisotopic (exact) mass is 350 g/mol. The van der Waals surface area contributed by atoms with Crippen LogP contribution in [0.15, 0.2) is 0 Å². The normalized spacial score (nSPS) is 20.6. The van der Waals surface area contributed by atoms with Crippen LogP contribution in [-0.2, 0) is 9.53 Å². The van der Waals surface area contributed by atoms with Gasteiger partial charge in [0.05, 0.1) is 6.07 Å². The number of carbonyl (C=O) groups is 2. The molecule has 0 aromatic heterocycles. The first-order valence-corrected chi connectivity index (χ1v) is 9.46. The number of amides is 2. The number of rotatable bonds is 6. The second-order valence-corrected chi connectivity index (χ2v) is 6.91. The van der Waals surface area contributed by atoms with Gasteiger partial charge in [0.15, 0.2) is 6.10 Å². The van der Waals surface area contributed by atoms with Crippen LogP contribution in [0.3, 0.4) is 0 Å². The Bertz CT molecular complexity index is 477. The molecule has 1 atom stereocenters. The Hall–Kier alpha value is -1.81. The Balaban J connectivity index is 1.90. The van der Waals surface area contributed by atoms with Crippen LogP contribution < -0.4 is 5.32 Å². The van der Waals surface area contributed by atoms with E-state index in [-0.39, 0.29) is 12.5 Å². The predicted octanol–water partition coefficient (Wildman–Crippen LogP) is 1.74. The average Bonchev–Trinajstić information content (AvgIpc) is 2.66. The number of nitrogens with one attached hydrogen (secondary N) is 1. The van der Waals surface area contributed by atoms with Crippen molar-refractivity contribution in [1.29, 1.82) is 5.26 Å². The third-order valence-electron chi connectivity index (χ3n) is 5.23. The van der Waals surface area contributed by atoms with Crippen molar-refractivity contribution in [3.8, 4) is 6.07 Å². The zero-order chi connectivity index (χ0) is 18.1. The molecule has 1 N–H and O–H groups in total. The van der Waals surface area contributed by atoms with Gasteiger partial charge in [0.1, 0.15) is 6.54 Å². The molecule has 0 aromatic carbocycles. The van der Waals surface area contributed by atoms with Crippen LogP contribution in [0.4, 0.5) is 4.79 Å². The van der Waals surface area contributed by atoms with E-state index in [1.165, 1.54) is 19.3 Å². The minimum atomic E-state index is -0.798. The Morgan fingerprint density at radius 3 is 2.48 bits per heavy atom. The molecule has 1 saturated carbocycles. The second kappa shape index (κ2) is 10.2. The van der Waals surface area contributed by atoms with Crippen molar-refractivity contribution in [1.82, 2.24) is 15.1 Å². The van der Waals surface area contributed by atoms with E-state index in [2.05, 4.69) is 17.1 Å². The summed E-state index contributed by atoms with van der Waals surface area (Å²) in [5.41, 5.74) is 0. The Kier molecular flexibility index (Phi) is 7.99. The first-order chi connectivity index (χ1) is 12.1. The fraction of sp³-hybridized carbons (Fsp3) is 0.833. The molecule has 2 amide bonds. The molecule has 2 rings (SSSR count). The molecule has 1 aliphatic heterocycles. The molecule has 1 aliphatic carbocycles. The molecule has 0 spiro atoms. The number of hydrogen-bond donors (Lipinski definition) is 1.